The molecule has 1 heterocycles. The number of ether oxygens (including phenoxy) is 1. The first kappa shape index (κ1) is 15.0. The van der Waals surface area contributed by atoms with Crippen LogP contribution in [0, 0.1) is 0 Å². The van der Waals surface area contributed by atoms with Gasteiger partial charge in [-0.25, -0.2) is 9.78 Å². The smallest absolute Gasteiger partial charge is 0.333 e. The maximum Gasteiger partial charge on any atom is 0.333 e. The molecule has 1 atom stereocenters. The van der Waals surface area contributed by atoms with Crippen molar-refractivity contribution in [1.82, 2.24) is 10.3 Å². The number of benzene rings is 1. The molecule has 0 radical (unpaired) electrons. The number of carbonyl (C=O) groups is 2. The average molecular weight is 305 g/mol. The van der Waals surface area contributed by atoms with Gasteiger partial charge >= 0.3 is 5.97 Å². The Morgan fingerprint density at radius 2 is 1.90 bits per heavy atom. The lowest BCUT2D eigenvalue weighted by Crippen LogP contribution is -2.34. The third-order valence-electron chi connectivity index (χ3n) is 2.81. The van der Waals surface area contributed by atoms with E-state index >= 15 is 0 Å². The first-order valence-electron chi connectivity index (χ1n) is 6.17. The van der Waals surface area contributed by atoms with Gasteiger partial charge in [-0.2, -0.15) is 0 Å². The number of rotatable bonds is 4. The van der Waals surface area contributed by atoms with Crippen molar-refractivity contribution in [3.05, 3.63) is 64.9 Å². The lowest BCUT2D eigenvalue weighted by Gasteiger charge is -2.16. The Kier molecular flexibility index (Phi) is 4.90. The molecule has 108 valence electrons. The second-order valence-corrected chi connectivity index (χ2v) is 4.64. The standard InChI is InChI=1S/C15H13ClN2O3/c1-21-15(20)13(10-5-3-2-4-6-10)18-14(19)12-8-7-11(16)9-17-12/h2-9,13H,1H3,(H,18,19). The van der Waals surface area contributed by atoms with Gasteiger partial charge in [0.25, 0.3) is 5.91 Å². The molecular formula is C15H13ClN2O3. The van der Waals surface area contributed by atoms with Crippen LogP contribution in [0.3, 0.4) is 0 Å². The van der Waals surface area contributed by atoms with E-state index in [-0.39, 0.29) is 5.69 Å². The predicted octanol–water partition coefficient (Wildman–Crippen LogP) is 2.38. The van der Waals surface area contributed by atoms with E-state index in [1.54, 1.807) is 30.3 Å². The molecule has 5 nitrogen and oxygen atoms in total. The van der Waals surface area contributed by atoms with E-state index in [0.29, 0.717) is 10.6 Å². The first-order chi connectivity index (χ1) is 10.1. The van der Waals surface area contributed by atoms with Gasteiger partial charge in [0.1, 0.15) is 5.69 Å². The van der Waals surface area contributed by atoms with Crippen LogP contribution in [0.2, 0.25) is 5.02 Å². The number of amides is 1. The Bertz CT molecular complexity index is 629. The summed E-state index contributed by atoms with van der Waals surface area (Å²) in [6, 6.07) is 11.0. The van der Waals surface area contributed by atoms with Crippen LogP contribution in [0.1, 0.15) is 22.1 Å². The van der Waals surface area contributed by atoms with Gasteiger partial charge in [-0.15, -0.1) is 0 Å². The molecular weight excluding hydrogens is 292 g/mol. The number of hydrogen-bond donors (Lipinski definition) is 1. The Morgan fingerprint density at radius 1 is 1.19 bits per heavy atom. The predicted molar refractivity (Wildman–Crippen MR) is 77.9 cm³/mol. The summed E-state index contributed by atoms with van der Waals surface area (Å²) in [6.45, 7) is 0. The summed E-state index contributed by atoms with van der Waals surface area (Å²) in [7, 11) is 1.27. The van der Waals surface area contributed by atoms with Crippen LogP contribution < -0.4 is 5.32 Å². The third-order valence-corrected chi connectivity index (χ3v) is 3.03. The van der Waals surface area contributed by atoms with Crippen LogP contribution in [-0.4, -0.2) is 24.0 Å². The van der Waals surface area contributed by atoms with Gasteiger partial charge in [-0.05, 0) is 17.7 Å². The van der Waals surface area contributed by atoms with E-state index in [2.05, 4.69) is 10.3 Å². The van der Waals surface area contributed by atoms with Crippen molar-refractivity contribution in [2.24, 2.45) is 0 Å². The van der Waals surface area contributed by atoms with E-state index in [4.69, 9.17) is 16.3 Å². The fourth-order valence-corrected chi connectivity index (χ4v) is 1.87. The van der Waals surface area contributed by atoms with Crippen LogP contribution >= 0.6 is 11.6 Å². The van der Waals surface area contributed by atoms with Gasteiger partial charge in [-0.3, -0.25) is 4.79 Å². The van der Waals surface area contributed by atoms with Crippen molar-refractivity contribution in [3.63, 3.8) is 0 Å². The molecule has 1 N–H and O–H groups in total. The highest BCUT2D eigenvalue weighted by atomic mass is 35.5. The molecule has 0 bridgehead atoms. The molecule has 21 heavy (non-hydrogen) atoms. The summed E-state index contributed by atoms with van der Waals surface area (Å²) in [4.78, 5) is 27.9. The second kappa shape index (κ2) is 6.85. The number of aromatic nitrogens is 1. The van der Waals surface area contributed by atoms with Crippen LogP contribution in [0.15, 0.2) is 48.7 Å². The van der Waals surface area contributed by atoms with Gasteiger partial charge in [0, 0.05) is 6.20 Å². The largest absolute Gasteiger partial charge is 0.467 e. The van der Waals surface area contributed by atoms with Crippen LogP contribution in [0.25, 0.3) is 0 Å². The van der Waals surface area contributed by atoms with E-state index in [9.17, 15) is 9.59 Å². The molecule has 2 rings (SSSR count). The quantitative estimate of drug-likeness (QED) is 0.881. The fraction of sp³-hybridized carbons (Fsp3) is 0.133. The highest BCUT2D eigenvalue weighted by Gasteiger charge is 2.24. The summed E-state index contributed by atoms with van der Waals surface area (Å²) in [5.41, 5.74) is 0.802. The number of esters is 1. The van der Waals surface area contributed by atoms with E-state index in [0.717, 1.165) is 0 Å². The van der Waals surface area contributed by atoms with Crippen LogP contribution in [0.4, 0.5) is 0 Å². The van der Waals surface area contributed by atoms with Gasteiger partial charge in [-0.1, -0.05) is 41.9 Å². The number of pyridine rings is 1. The molecule has 2 aromatic rings. The summed E-state index contributed by atoms with van der Waals surface area (Å²) < 4.78 is 4.73. The molecule has 1 unspecified atom stereocenters. The SMILES string of the molecule is COC(=O)C(NC(=O)c1ccc(Cl)cn1)c1ccccc1. The second-order valence-electron chi connectivity index (χ2n) is 4.20. The fourth-order valence-electron chi connectivity index (χ4n) is 1.76. The number of methoxy groups -OCH3 is 1. The third kappa shape index (κ3) is 3.79. The van der Waals surface area contributed by atoms with Gasteiger partial charge in [0.2, 0.25) is 0 Å². The lowest BCUT2D eigenvalue weighted by atomic mass is 10.1. The van der Waals surface area contributed by atoms with E-state index < -0.39 is 17.9 Å². The molecule has 0 aliphatic heterocycles. The Hall–Kier alpha value is -2.40. The summed E-state index contributed by atoms with van der Waals surface area (Å²) in [5.74, 6) is -1.03. The molecule has 0 aliphatic carbocycles. The van der Waals surface area contributed by atoms with Crippen LogP contribution in [0.5, 0.6) is 0 Å². The number of halogens is 1. The molecule has 0 aliphatic rings. The number of nitrogens with one attached hydrogen (secondary N) is 1. The minimum atomic E-state index is -0.888. The molecule has 6 heteroatoms. The van der Waals surface area contributed by atoms with Gasteiger partial charge < -0.3 is 10.1 Å². The minimum Gasteiger partial charge on any atom is -0.467 e. The van der Waals surface area contributed by atoms with Crippen molar-refractivity contribution in [3.8, 4) is 0 Å². The van der Waals surface area contributed by atoms with Crippen molar-refractivity contribution >= 4 is 23.5 Å². The Labute approximate surface area is 126 Å². The molecule has 1 aromatic heterocycles. The molecule has 0 saturated carbocycles. The maximum atomic E-state index is 12.1. The lowest BCUT2D eigenvalue weighted by molar-refractivity contribution is -0.143. The van der Waals surface area contributed by atoms with Crippen molar-refractivity contribution < 1.29 is 14.3 Å². The molecule has 0 fully saturated rings. The normalized spacial score (nSPS) is 11.5. The van der Waals surface area contributed by atoms with Gasteiger partial charge in [0.05, 0.1) is 12.1 Å². The topological polar surface area (TPSA) is 68.3 Å². The van der Waals surface area contributed by atoms with E-state index in [1.807, 2.05) is 6.07 Å². The zero-order valence-electron chi connectivity index (χ0n) is 11.2. The molecule has 1 aromatic carbocycles. The van der Waals surface area contributed by atoms with Gasteiger partial charge in [0.15, 0.2) is 6.04 Å². The van der Waals surface area contributed by atoms with Crippen LogP contribution in [-0.2, 0) is 9.53 Å². The number of nitrogens with zero attached hydrogens (tertiary/aromatic N) is 1. The molecule has 0 saturated heterocycles. The Morgan fingerprint density at radius 3 is 2.48 bits per heavy atom. The monoisotopic (exact) mass is 304 g/mol. The highest BCUT2D eigenvalue weighted by Crippen LogP contribution is 2.15. The van der Waals surface area contributed by atoms with Crippen molar-refractivity contribution in [1.29, 1.82) is 0 Å². The minimum absolute atomic E-state index is 0.171. The van der Waals surface area contributed by atoms with Crippen molar-refractivity contribution in [2.75, 3.05) is 7.11 Å². The zero-order valence-corrected chi connectivity index (χ0v) is 12.0. The zero-order chi connectivity index (χ0) is 15.2. The summed E-state index contributed by atoms with van der Waals surface area (Å²) in [6.07, 6.45) is 1.37. The van der Waals surface area contributed by atoms with E-state index in [1.165, 1.54) is 19.4 Å². The first-order valence-corrected chi connectivity index (χ1v) is 6.55. The average Bonchev–Trinajstić information content (AvgIpc) is 2.53. The van der Waals surface area contributed by atoms with Crippen molar-refractivity contribution in [2.45, 2.75) is 6.04 Å². The number of carbonyl (C=O) groups excluding carboxylic acids is 2. The highest BCUT2D eigenvalue weighted by molar-refractivity contribution is 6.30. The number of hydrogen-bond acceptors (Lipinski definition) is 4. The summed E-state index contributed by atoms with van der Waals surface area (Å²) >= 11 is 5.72. The Balaban J connectivity index is 2.21. The molecule has 0 spiro atoms. The maximum absolute atomic E-state index is 12.1. The summed E-state index contributed by atoms with van der Waals surface area (Å²) in [5, 5.41) is 3.03. The molecule has 1 amide bonds.